The molecule has 0 radical (unpaired) electrons. The number of nitrogens with one attached hydrogen (secondary N) is 1. The summed E-state index contributed by atoms with van der Waals surface area (Å²) in [6.07, 6.45) is 3.44. The van der Waals surface area contributed by atoms with Gasteiger partial charge in [-0.2, -0.15) is 5.10 Å². The van der Waals surface area contributed by atoms with Gasteiger partial charge in [-0.15, -0.1) is 0 Å². The van der Waals surface area contributed by atoms with E-state index in [1.165, 1.54) is 16.9 Å². The van der Waals surface area contributed by atoms with Gasteiger partial charge in [0.25, 0.3) is 11.5 Å². The lowest BCUT2D eigenvalue weighted by atomic mass is 10.4. The number of aromatic nitrogens is 4. The third-order valence-electron chi connectivity index (χ3n) is 2.92. The minimum atomic E-state index is -0.719. The highest BCUT2D eigenvalue weighted by Gasteiger charge is 2.26. The first-order valence-electron chi connectivity index (χ1n) is 5.81. The number of anilines is 1. The van der Waals surface area contributed by atoms with E-state index in [1.807, 2.05) is 0 Å². The number of primary amides is 1. The molecule has 8 heteroatoms. The van der Waals surface area contributed by atoms with Crippen LogP contribution in [0.5, 0.6) is 0 Å². The molecule has 2 aromatic heterocycles. The second kappa shape index (κ2) is 3.94. The molecule has 1 fully saturated rings. The molecule has 0 aromatic carbocycles. The molecule has 0 aliphatic heterocycles. The number of nitrogens with two attached hydrogens (primary N) is 2. The largest absolute Gasteiger partial charge is 0.396 e. The lowest BCUT2D eigenvalue weighted by molar-refractivity contribution is 0.0996. The quantitative estimate of drug-likeness (QED) is 0.685. The maximum atomic E-state index is 11.6. The molecule has 0 saturated heterocycles. The highest BCUT2D eigenvalue weighted by Crippen LogP contribution is 2.37. The van der Waals surface area contributed by atoms with Crippen molar-refractivity contribution in [3.05, 3.63) is 34.1 Å². The zero-order chi connectivity index (χ0) is 13.6. The summed E-state index contributed by atoms with van der Waals surface area (Å²) in [7, 11) is 0. The van der Waals surface area contributed by atoms with Crippen LogP contribution >= 0.6 is 0 Å². The number of hydrogen-bond acceptors (Lipinski definition) is 5. The lowest BCUT2D eigenvalue weighted by Crippen LogP contribution is -2.16. The third kappa shape index (κ3) is 2.07. The fraction of sp³-hybridized carbons (Fsp3) is 0.273. The summed E-state index contributed by atoms with van der Waals surface area (Å²) in [5, 5.41) is 3.94. The van der Waals surface area contributed by atoms with Crippen LogP contribution in [0.3, 0.4) is 0 Å². The van der Waals surface area contributed by atoms with E-state index in [9.17, 15) is 9.59 Å². The first-order valence-corrected chi connectivity index (χ1v) is 5.81. The van der Waals surface area contributed by atoms with Crippen LogP contribution in [0.25, 0.3) is 5.82 Å². The van der Waals surface area contributed by atoms with Crippen molar-refractivity contribution in [2.75, 3.05) is 5.73 Å². The Morgan fingerprint density at radius 2 is 2.21 bits per heavy atom. The van der Waals surface area contributed by atoms with Crippen LogP contribution in [0.1, 0.15) is 35.1 Å². The summed E-state index contributed by atoms with van der Waals surface area (Å²) in [6.45, 7) is 0. The number of nitrogen functional groups attached to an aromatic ring is 1. The Balaban J connectivity index is 2.08. The molecule has 19 heavy (non-hydrogen) atoms. The first-order chi connectivity index (χ1) is 9.04. The van der Waals surface area contributed by atoms with E-state index in [0.29, 0.717) is 17.6 Å². The fourth-order valence-corrected chi connectivity index (χ4v) is 1.83. The zero-order valence-electron chi connectivity index (χ0n) is 9.96. The molecule has 0 bridgehead atoms. The van der Waals surface area contributed by atoms with Crippen LogP contribution in [0.15, 0.2) is 17.1 Å². The highest BCUT2D eigenvalue weighted by atomic mass is 16.1. The number of amides is 1. The van der Waals surface area contributed by atoms with Crippen molar-refractivity contribution in [3.8, 4) is 5.82 Å². The van der Waals surface area contributed by atoms with Gasteiger partial charge in [0.1, 0.15) is 5.82 Å². The Morgan fingerprint density at radius 1 is 1.47 bits per heavy atom. The number of rotatable bonds is 3. The standard InChI is InChI=1S/C11H12N6O2/c12-6-4-17(16-9(6)10(13)19)7-3-8(18)15-11(14-7)5-1-2-5/h3-5H,1-2,12H2,(H2,13,19)(H,14,15,18). The van der Waals surface area contributed by atoms with Crippen molar-refractivity contribution in [2.45, 2.75) is 18.8 Å². The summed E-state index contributed by atoms with van der Waals surface area (Å²) >= 11 is 0. The van der Waals surface area contributed by atoms with Gasteiger partial charge in [0.2, 0.25) is 0 Å². The van der Waals surface area contributed by atoms with Crippen molar-refractivity contribution in [1.82, 2.24) is 19.7 Å². The third-order valence-corrected chi connectivity index (χ3v) is 2.92. The van der Waals surface area contributed by atoms with Crippen LogP contribution in [0.4, 0.5) is 5.69 Å². The van der Waals surface area contributed by atoms with Crippen LogP contribution in [0.2, 0.25) is 0 Å². The van der Waals surface area contributed by atoms with Crippen molar-refractivity contribution >= 4 is 11.6 Å². The maximum Gasteiger partial charge on any atom is 0.271 e. The second-order valence-electron chi connectivity index (χ2n) is 4.50. The van der Waals surface area contributed by atoms with Gasteiger partial charge in [0.15, 0.2) is 11.5 Å². The summed E-state index contributed by atoms with van der Waals surface area (Å²) in [6, 6.07) is 1.29. The summed E-state index contributed by atoms with van der Waals surface area (Å²) in [4.78, 5) is 29.7. The van der Waals surface area contributed by atoms with Gasteiger partial charge in [-0.05, 0) is 12.8 Å². The molecule has 1 aliphatic carbocycles. The van der Waals surface area contributed by atoms with Gasteiger partial charge in [-0.25, -0.2) is 9.67 Å². The minimum Gasteiger partial charge on any atom is -0.396 e. The van der Waals surface area contributed by atoms with E-state index in [0.717, 1.165) is 12.8 Å². The Morgan fingerprint density at radius 3 is 2.79 bits per heavy atom. The normalized spacial score (nSPS) is 14.5. The van der Waals surface area contributed by atoms with E-state index in [1.54, 1.807) is 0 Å². The average Bonchev–Trinajstić information content (AvgIpc) is 3.11. The van der Waals surface area contributed by atoms with Gasteiger partial charge in [-0.3, -0.25) is 9.59 Å². The van der Waals surface area contributed by atoms with Gasteiger partial charge in [0.05, 0.1) is 11.9 Å². The number of carbonyl (C=O) groups is 1. The molecule has 98 valence electrons. The highest BCUT2D eigenvalue weighted by molar-refractivity contribution is 5.95. The maximum absolute atomic E-state index is 11.6. The molecule has 1 saturated carbocycles. The van der Waals surface area contributed by atoms with Crippen molar-refractivity contribution in [3.63, 3.8) is 0 Å². The molecule has 1 aliphatic rings. The monoisotopic (exact) mass is 260 g/mol. The van der Waals surface area contributed by atoms with Crippen LogP contribution < -0.4 is 17.0 Å². The minimum absolute atomic E-state index is 0.0324. The van der Waals surface area contributed by atoms with Gasteiger partial charge < -0.3 is 16.5 Å². The van der Waals surface area contributed by atoms with Crippen LogP contribution in [0, 0.1) is 0 Å². The molecule has 0 spiro atoms. The van der Waals surface area contributed by atoms with E-state index in [2.05, 4.69) is 15.1 Å². The number of carbonyl (C=O) groups excluding carboxylic acids is 1. The SMILES string of the molecule is NC(=O)c1nn(-c2cc(=O)[nH]c(C3CC3)n2)cc1N. The zero-order valence-corrected chi connectivity index (χ0v) is 9.96. The molecule has 8 nitrogen and oxygen atoms in total. The summed E-state index contributed by atoms with van der Waals surface area (Å²) in [5.74, 6) is 0.543. The van der Waals surface area contributed by atoms with Crippen LogP contribution in [-0.4, -0.2) is 25.7 Å². The van der Waals surface area contributed by atoms with Crippen molar-refractivity contribution in [2.24, 2.45) is 5.73 Å². The van der Waals surface area contributed by atoms with Crippen LogP contribution in [-0.2, 0) is 0 Å². The van der Waals surface area contributed by atoms with Gasteiger partial charge in [0, 0.05) is 12.0 Å². The van der Waals surface area contributed by atoms with Crippen molar-refractivity contribution in [1.29, 1.82) is 0 Å². The topological polar surface area (TPSA) is 133 Å². The number of nitrogens with zero attached hydrogens (tertiary/aromatic N) is 3. The Hall–Kier alpha value is -2.64. The molecule has 0 atom stereocenters. The van der Waals surface area contributed by atoms with Gasteiger partial charge in [-0.1, -0.05) is 0 Å². The molecule has 2 aromatic rings. The molecule has 5 N–H and O–H groups in total. The number of H-pyrrole nitrogens is 1. The number of hydrogen-bond donors (Lipinski definition) is 3. The molecule has 1 amide bonds. The fourth-order valence-electron chi connectivity index (χ4n) is 1.83. The smallest absolute Gasteiger partial charge is 0.271 e. The van der Waals surface area contributed by atoms with E-state index in [-0.39, 0.29) is 16.9 Å². The average molecular weight is 260 g/mol. The van der Waals surface area contributed by atoms with E-state index >= 15 is 0 Å². The predicted octanol–water partition coefficient (Wildman–Crippen LogP) is -0.486. The van der Waals surface area contributed by atoms with Gasteiger partial charge >= 0.3 is 0 Å². The van der Waals surface area contributed by atoms with Crippen molar-refractivity contribution < 1.29 is 4.79 Å². The summed E-state index contributed by atoms with van der Waals surface area (Å²) < 4.78 is 1.29. The second-order valence-corrected chi connectivity index (χ2v) is 4.50. The molecule has 2 heterocycles. The lowest BCUT2D eigenvalue weighted by Gasteiger charge is -2.02. The Kier molecular flexibility index (Phi) is 2.37. The molecular weight excluding hydrogens is 248 g/mol. The Labute approximate surface area is 107 Å². The Bertz CT molecular complexity index is 712. The van der Waals surface area contributed by atoms with E-state index in [4.69, 9.17) is 11.5 Å². The predicted molar refractivity (Wildman–Crippen MR) is 66.9 cm³/mol. The first kappa shape index (κ1) is 11.5. The van der Waals surface area contributed by atoms with E-state index < -0.39 is 5.91 Å². The molecule has 0 unspecified atom stereocenters. The number of aromatic amines is 1. The summed E-state index contributed by atoms with van der Waals surface area (Å²) in [5.41, 5.74) is 10.6. The molecule has 3 rings (SSSR count). The molecular formula is C11H12N6O2.